The molecule has 164 valence electrons. The van der Waals surface area contributed by atoms with Crippen molar-refractivity contribution in [3.05, 3.63) is 63.5 Å². The molecule has 1 amide bonds. The molecule has 1 N–H and O–H groups in total. The molecule has 0 aliphatic carbocycles. The summed E-state index contributed by atoms with van der Waals surface area (Å²) < 4.78 is 24.5. The highest BCUT2D eigenvalue weighted by atomic mass is 19.1. The second-order valence-electron chi connectivity index (χ2n) is 7.71. The zero-order valence-corrected chi connectivity index (χ0v) is 17.0. The SMILES string of the molecule is O=C(NCCc1cc(F)cc2c1OCOC2)C1CCN(c2ccccc2[N+](=O)[O-])CC1. The normalized spacial score (nSPS) is 16.4. The third-order valence-electron chi connectivity index (χ3n) is 5.73. The smallest absolute Gasteiger partial charge is 0.292 e. The molecule has 0 unspecified atom stereocenters. The number of piperidine rings is 1. The Morgan fingerprint density at radius 1 is 1.26 bits per heavy atom. The van der Waals surface area contributed by atoms with Crippen molar-refractivity contribution < 1.29 is 23.6 Å². The molecule has 1 saturated heterocycles. The van der Waals surface area contributed by atoms with Crippen molar-refractivity contribution in [2.75, 3.05) is 31.3 Å². The summed E-state index contributed by atoms with van der Waals surface area (Å²) in [5, 5.41) is 14.2. The second-order valence-corrected chi connectivity index (χ2v) is 7.71. The molecule has 2 aliphatic heterocycles. The number of ether oxygens (including phenoxy) is 2. The maximum absolute atomic E-state index is 13.8. The van der Waals surface area contributed by atoms with Crippen molar-refractivity contribution in [3.8, 4) is 5.75 Å². The molecule has 0 saturated carbocycles. The third kappa shape index (κ3) is 4.77. The fraction of sp³-hybridized carbons (Fsp3) is 0.409. The van der Waals surface area contributed by atoms with E-state index in [-0.39, 0.29) is 35.0 Å². The van der Waals surface area contributed by atoms with Crippen molar-refractivity contribution in [2.24, 2.45) is 5.92 Å². The molecule has 31 heavy (non-hydrogen) atoms. The first-order valence-corrected chi connectivity index (χ1v) is 10.3. The van der Waals surface area contributed by atoms with E-state index in [1.165, 1.54) is 18.2 Å². The van der Waals surface area contributed by atoms with E-state index in [1.807, 2.05) is 4.90 Å². The van der Waals surface area contributed by atoms with Gasteiger partial charge in [0, 0.05) is 37.2 Å². The van der Waals surface area contributed by atoms with E-state index in [0.717, 1.165) is 0 Å². The number of carbonyl (C=O) groups excluding carboxylic acids is 1. The fourth-order valence-electron chi connectivity index (χ4n) is 4.18. The number of benzene rings is 2. The molecule has 2 aromatic rings. The molecule has 0 atom stereocenters. The zero-order chi connectivity index (χ0) is 21.8. The van der Waals surface area contributed by atoms with Crippen molar-refractivity contribution in [2.45, 2.75) is 25.9 Å². The average molecular weight is 429 g/mol. The first kappa shape index (κ1) is 21.0. The number of rotatable bonds is 6. The predicted molar refractivity (Wildman–Crippen MR) is 111 cm³/mol. The Kier molecular flexibility index (Phi) is 6.31. The number of halogens is 1. The first-order chi connectivity index (χ1) is 15.0. The summed E-state index contributed by atoms with van der Waals surface area (Å²) >= 11 is 0. The van der Waals surface area contributed by atoms with E-state index in [9.17, 15) is 19.3 Å². The second kappa shape index (κ2) is 9.30. The fourth-order valence-corrected chi connectivity index (χ4v) is 4.18. The summed E-state index contributed by atoms with van der Waals surface area (Å²) in [7, 11) is 0. The van der Waals surface area contributed by atoms with Gasteiger partial charge in [-0.05, 0) is 43.0 Å². The van der Waals surface area contributed by atoms with Crippen molar-refractivity contribution >= 4 is 17.3 Å². The summed E-state index contributed by atoms with van der Waals surface area (Å²) in [6, 6.07) is 9.50. The highest BCUT2D eigenvalue weighted by Gasteiger charge is 2.28. The van der Waals surface area contributed by atoms with Gasteiger partial charge >= 0.3 is 0 Å². The molecule has 9 heteroatoms. The molecule has 0 radical (unpaired) electrons. The number of carbonyl (C=O) groups is 1. The summed E-state index contributed by atoms with van der Waals surface area (Å²) in [4.78, 5) is 25.4. The Bertz CT molecular complexity index is 976. The van der Waals surface area contributed by atoms with Crippen LogP contribution in [0.25, 0.3) is 0 Å². The number of anilines is 1. The molecular weight excluding hydrogens is 405 g/mol. The van der Waals surface area contributed by atoms with Crippen LogP contribution in [0.15, 0.2) is 36.4 Å². The largest absolute Gasteiger partial charge is 0.467 e. The van der Waals surface area contributed by atoms with E-state index in [4.69, 9.17) is 9.47 Å². The van der Waals surface area contributed by atoms with Crippen LogP contribution < -0.4 is 15.0 Å². The minimum Gasteiger partial charge on any atom is -0.467 e. The molecule has 4 rings (SSSR count). The number of nitrogens with zero attached hydrogens (tertiary/aromatic N) is 2. The molecule has 2 aromatic carbocycles. The van der Waals surface area contributed by atoms with Crippen LogP contribution in [-0.2, 0) is 22.6 Å². The predicted octanol–water partition coefficient (Wildman–Crippen LogP) is 3.18. The van der Waals surface area contributed by atoms with E-state index in [0.29, 0.717) is 68.1 Å². The monoisotopic (exact) mass is 429 g/mol. The van der Waals surface area contributed by atoms with E-state index in [1.54, 1.807) is 18.2 Å². The zero-order valence-electron chi connectivity index (χ0n) is 17.0. The Morgan fingerprint density at radius 2 is 2.03 bits per heavy atom. The number of fused-ring (bicyclic) bond motifs is 1. The third-order valence-corrected chi connectivity index (χ3v) is 5.73. The number of hydrogen-bond donors (Lipinski definition) is 1. The highest BCUT2D eigenvalue weighted by molar-refractivity contribution is 5.79. The number of nitro groups is 1. The van der Waals surface area contributed by atoms with Gasteiger partial charge in [-0.2, -0.15) is 0 Å². The summed E-state index contributed by atoms with van der Waals surface area (Å²) in [5.74, 6) is 0.0954. The Hall–Kier alpha value is -3.20. The average Bonchev–Trinajstić information content (AvgIpc) is 2.79. The van der Waals surface area contributed by atoms with Gasteiger partial charge in [-0.1, -0.05) is 12.1 Å². The maximum Gasteiger partial charge on any atom is 0.292 e. The lowest BCUT2D eigenvalue weighted by atomic mass is 9.95. The van der Waals surface area contributed by atoms with Crippen LogP contribution >= 0.6 is 0 Å². The molecule has 2 aliphatic rings. The van der Waals surface area contributed by atoms with Crippen LogP contribution in [0.3, 0.4) is 0 Å². The number of amides is 1. The van der Waals surface area contributed by atoms with Crippen LogP contribution in [0, 0.1) is 21.8 Å². The topological polar surface area (TPSA) is 93.9 Å². The lowest BCUT2D eigenvalue weighted by Crippen LogP contribution is -2.41. The van der Waals surface area contributed by atoms with Gasteiger partial charge in [0.25, 0.3) is 5.69 Å². The van der Waals surface area contributed by atoms with E-state index < -0.39 is 0 Å². The molecule has 8 nitrogen and oxygen atoms in total. The van der Waals surface area contributed by atoms with Gasteiger partial charge in [0.1, 0.15) is 17.3 Å². The van der Waals surface area contributed by atoms with Gasteiger partial charge < -0.3 is 19.7 Å². The van der Waals surface area contributed by atoms with Crippen LogP contribution in [-0.4, -0.2) is 37.3 Å². The molecule has 0 bridgehead atoms. The van der Waals surface area contributed by atoms with Crippen molar-refractivity contribution in [3.63, 3.8) is 0 Å². The number of nitro benzene ring substituents is 1. The summed E-state index contributed by atoms with van der Waals surface area (Å²) in [6.45, 7) is 1.98. The van der Waals surface area contributed by atoms with Crippen molar-refractivity contribution in [1.82, 2.24) is 5.32 Å². The van der Waals surface area contributed by atoms with Gasteiger partial charge in [-0.25, -0.2) is 4.39 Å². The number of hydrogen-bond acceptors (Lipinski definition) is 6. The molecule has 0 aromatic heterocycles. The maximum atomic E-state index is 13.8. The first-order valence-electron chi connectivity index (χ1n) is 10.3. The van der Waals surface area contributed by atoms with E-state index >= 15 is 0 Å². The van der Waals surface area contributed by atoms with Crippen LogP contribution in [0.5, 0.6) is 5.75 Å². The Balaban J connectivity index is 1.30. The Labute approximate surface area is 179 Å². The van der Waals surface area contributed by atoms with E-state index in [2.05, 4.69) is 5.32 Å². The van der Waals surface area contributed by atoms with Gasteiger partial charge in [0.15, 0.2) is 6.79 Å². The van der Waals surface area contributed by atoms with Gasteiger partial charge in [-0.3, -0.25) is 14.9 Å². The lowest BCUT2D eigenvalue weighted by Gasteiger charge is -2.32. The quantitative estimate of drug-likeness (QED) is 0.560. The molecule has 1 fully saturated rings. The molecule has 2 heterocycles. The standard InChI is InChI=1S/C22H24FN3O5/c23-18-11-16(21-17(12-18)13-30-14-31-21)5-8-24-22(27)15-6-9-25(10-7-15)19-3-1-2-4-20(19)26(28)29/h1-4,11-12,15H,5-10,13-14H2,(H,24,27). The number of para-hydroxylation sites is 2. The molecule has 0 spiro atoms. The summed E-state index contributed by atoms with van der Waals surface area (Å²) in [5.41, 5.74) is 2.06. The highest BCUT2D eigenvalue weighted by Crippen LogP contribution is 2.32. The van der Waals surface area contributed by atoms with Gasteiger partial charge in [0.05, 0.1) is 11.5 Å². The van der Waals surface area contributed by atoms with Gasteiger partial charge in [0.2, 0.25) is 5.91 Å². The number of nitrogens with one attached hydrogen (secondary N) is 1. The van der Waals surface area contributed by atoms with Crippen molar-refractivity contribution in [1.29, 1.82) is 0 Å². The minimum atomic E-state index is -0.380. The molecular formula is C22H24FN3O5. The minimum absolute atomic E-state index is 0.0447. The Morgan fingerprint density at radius 3 is 2.81 bits per heavy atom. The van der Waals surface area contributed by atoms with Gasteiger partial charge in [-0.15, -0.1) is 0 Å². The van der Waals surface area contributed by atoms with Crippen LogP contribution in [0.2, 0.25) is 0 Å². The van der Waals surface area contributed by atoms with Crippen LogP contribution in [0.1, 0.15) is 24.0 Å². The lowest BCUT2D eigenvalue weighted by molar-refractivity contribution is -0.384. The van der Waals surface area contributed by atoms with Crippen LogP contribution in [0.4, 0.5) is 15.8 Å². The summed E-state index contributed by atoms with van der Waals surface area (Å²) in [6.07, 6.45) is 1.70.